The molecule has 1 unspecified atom stereocenters. The Bertz CT molecular complexity index is 1190. The molecule has 2 heterocycles. The highest BCUT2D eigenvalue weighted by Crippen LogP contribution is 2.40. The summed E-state index contributed by atoms with van der Waals surface area (Å²) in [5.41, 5.74) is 1.29. The van der Waals surface area contributed by atoms with Crippen molar-refractivity contribution < 1.29 is 23.8 Å². The van der Waals surface area contributed by atoms with Crippen LogP contribution in [0.15, 0.2) is 70.3 Å². The lowest BCUT2D eigenvalue weighted by Crippen LogP contribution is -2.38. The first kappa shape index (κ1) is 23.6. The zero-order valence-corrected chi connectivity index (χ0v) is 19.8. The minimum atomic E-state index is -0.746. The van der Waals surface area contributed by atoms with Crippen LogP contribution in [0.4, 0.5) is 0 Å². The van der Waals surface area contributed by atoms with Gasteiger partial charge in [0, 0.05) is 18.5 Å². The van der Waals surface area contributed by atoms with Gasteiger partial charge in [-0.15, -0.1) is 0 Å². The molecule has 0 radical (unpaired) electrons. The average molecular weight is 463 g/mol. The molecule has 34 heavy (non-hydrogen) atoms. The molecule has 1 aromatic heterocycles. The maximum absolute atomic E-state index is 13.6. The number of hydrogen-bond acceptors (Lipinski definition) is 6. The third kappa shape index (κ3) is 4.43. The van der Waals surface area contributed by atoms with Crippen molar-refractivity contribution in [1.29, 1.82) is 0 Å². The Morgan fingerprint density at radius 2 is 1.85 bits per heavy atom. The number of rotatable bonds is 10. The quantitative estimate of drug-likeness (QED) is 0.438. The molecule has 0 spiro atoms. The van der Waals surface area contributed by atoms with Crippen LogP contribution in [0.25, 0.3) is 11.0 Å². The molecular weight excluding hydrogens is 432 g/mol. The SMILES string of the molecule is CCOc1cccc(C2C(C(=O)c3cc4ccccc4o3)=C(O)C(=O)N2CCN(CC)CC)c1. The smallest absolute Gasteiger partial charge is 0.290 e. The van der Waals surface area contributed by atoms with E-state index in [1.54, 1.807) is 17.0 Å². The Labute approximate surface area is 199 Å². The number of hydrogen-bond donors (Lipinski definition) is 1. The molecule has 7 nitrogen and oxygen atoms in total. The zero-order valence-electron chi connectivity index (χ0n) is 19.8. The predicted molar refractivity (Wildman–Crippen MR) is 130 cm³/mol. The molecule has 0 aliphatic carbocycles. The van der Waals surface area contributed by atoms with Crippen LogP contribution in [0.1, 0.15) is 42.9 Å². The standard InChI is InChI=1S/C27H30N2O5/c1-4-28(5-2)14-15-29-24(19-11-9-12-20(16-19)33-6-3)23(26(31)27(29)32)25(30)22-17-18-10-7-8-13-21(18)34-22/h7-13,16-17,24,31H,4-6,14-15H2,1-3H3. The lowest BCUT2D eigenvalue weighted by molar-refractivity contribution is -0.129. The van der Waals surface area contributed by atoms with Crippen LogP contribution >= 0.6 is 0 Å². The largest absolute Gasteiger partial charge is 0.503 e. The van der Waals surface area contributed by atoms with E-state index in [4.69, 9.17) is 9.15 Å². The van der Waals surface area contributed by atoms with E-state index in [9.17, 15) is 14.7 Å². The van der Waals surface area contributed by atoms with Gasteiger partial charge in [0.1, 0.15) is 11.3 Å². The molecule has 0 fully saturated rings. The fraction of sp³-hybridized carbons (Fsp3) is 0.333. The molecular formula is C27H30N2O5. The van der Waals surface area contributed by atoms with E-state index in [-0.39, 0.29) is 11.3 Å². The molecule has 2 aromatic carbocycles. The van der Waals surface area contributed by atoms with Crippen molar-refractivity contribution >= 4 is 22.7 Å². The Kier molecular flexibility index (Phi) is 7.03. The highest BCUT2D eigenvalue weighted by molar-refractivity contribution is 6.16. The molecule has 1 atom stereocenters. The van der Waals surface area contributed by atoms with Crippen molar-refractivity contribution in [3.05, 3.63) is 77.3 Å². The number of ether oxygens (including phenoxy) is 1. The summed E-state index contributed by atoms with van der Waals surface area (Å²) in [7, 11) is 0. The summed E-state index contributed by atoms with van der Waals surface area (Å²) >= 11 is 0. The minimum Gasteiger partial charge on any atom is -0.503 e. The fourth-order valence-corrected chi connectivity index (χ4v) is 4.42. The van der Waals surface area contributed by atoms with Gasteiger partial charge < -0.3 is 24.1 Å². The molecule has 178 valence electrons. The van der Waals surface area contributed by atoms with Gasteiger partial charge in [0.05, 0.1) is 18.2 Å². The summed E-state index contributed by atoms with van der Waals surface area (Å²) in [6.07, 6.45) is 0. The van der Waals surface area contributed by atoms with E-state index < -0.39 is 23.5 Å². The van der Waals surface area contributed by atoms with Gasteiger partial charge in [-0.05, 0) is 49.8 Å². The van der Waals surface area contributed by atoms with Gasteiger partial charge in [0.2, 0.25) is 5.78 Å². The molecule has 1 aliphatic heterocycles. The Morgan fingerprint density at radius 1 is 1.09 bits per heavy atom. The monoisotopic (exact) mass is 462 g/mol. The van der Waals surface area contributed by atoms with Crippen LogP contribution in [0.3, 0.4) is 0 Å². The first-order valence-corrected chi connectivity index (χ1v) is 11.7. The van der Waals surface area contributed by atoms with Gasteiger partial charge in [-0.2, -0.15) is 0 Å². The summed E-state index contributed by atoms with van der Waals surface area (Å²) in [6.45, 7) is 9.18. The van der Waals surface area contributed by atoms with Gasteiger partial charge in [-0.1, -0.05) is 44.2 Å². The van der Waals surface area contributed by atoms with E-state index in [0.29, 0.717) is 36.6 Å². The Balaban J connectivity index is 1.76. The van der Waals surface area contributed by atoms with Crippen LogP contribution in [0.5, 0.6) is 5.75 Å². The van der Waals surface area contributed by atoms with Crippen LogP contribution in [0, 0.1) is 0 Å². The molecule has 0 bridgehead atoms. The number of nitrogens with zero attached hydrogens (tertiary/aromatic N) is 2. The molecule has 1 N–H and O–H groups in total. The summed E-state index contributed by atoms with van der Waals surface area (Å²) in [6, 6.07) is 15.5. The highest BCUT2D eigenvalue weighted by atomic mass is 16.5. The number of likely N-dealkylation sites (N-methyl/N-ethyl adjacent to an activating group) is 1. The number of para-hydroxylation sites is 1. The van der Waals surface area contributed by atoms with Gasteiger partial charge in [0.15, 0.2) is 11.5 Å². The third-order valence-electron chi connectivity index (χ3n) is 6.23. The van der Waals surface area contributed by atoms with Gasteiger partial charge >= 0.3 is 0 Å². The van der Waals surface area contributed by atoms with E-state index in [2.05, 4.69) is 18.7 Å². The molecule has 1 amide bonds. The van der Waals surface area contributed by atoms with Crippen LogP contribution in [-0.2, 0) is 4.79 Å². The summed E-state index contributed by atoms with van der Waals surface area (Å²) in [4.78, 5) is 30.6. The maximum atomic E-state index is 13.6. The van der Waals surface area contributed by atoms with Gasteiger partial charge in [-0.25, -0.2) is 0 Å². The number of amides is 1. The van der Waals surface area contributed by atoms with Gasteiger partial charge in [0.25, 0.3) is 5.91 Å². The first-order chi connectivity index (χ1) is 16.5. The molecule has 1 aliphatic rings. The van der Waals surface area contributed by atoms with Crippen LogP contribution in [0.2, 0.25) is 0 Å². The number of ketones is 1. The fourth-order valence-electron chi connectivity index (χ4n) is 4.42. The minimum absolute atomic E-state index is 0.0252. The van der Waals surface area contributed by atoms with E-state index in [1.165, 1.54) is 0 Å². The first-order valence-electron chi connectivity index (χ1n) is 11.7. The zero-order chi connectivity index (χ0) is 24.2. The molecule has 3 aromatic rings. The normalized spacial score (nSPS) is 16.2. The number of carbonyl (C=O) groups excluding carboxylic acids is 2. The van der Waals surface area contributed by atoms with Crippen molar-refractivity contribution in [2.75, 3.05) is 32.8 Å². The summed E-state index contributed by atoms with van der Waals surface area (Å²) in [5, 5.41) is 11.7. The third-order valence-corrected chi connectivity index (χ3v) is 6.23. The van der Waals surface area contributed by atoms with Crippen molar-refractivity contribution in [1.82, 2.24) is 9.80 Å². The number of carbonyl (C=O) groups is 2. The lowest BCUT2D eigenvalue weighted by atomic mass is 9.95. The number of benzene rings is 2. The van der Waals surface area contributed by atoms with E-state index >= 15 is 0 Å². The molecule has 0 saturated heterocycles. The van der Waals surface area contributed by atoms with Crippen LogP contribution < -0.4 is 4.74 Å². The Morgan fingerprint density at radius 3 is 2.56 bits per heavy atom. The molecule has 4 rings (SSSR count). The van der Waals surface area contributed by atoms with Crippen molar-refractivity contribution in [3.63, 3.8) is 0 Å². The second-order valence-electron chi connectivity index (χ2n) is 8.17. The number of fused-ring (bicyclic) bond motifs is 1. The molecule has 0 saturated carbocycles. The average Bonchev–Trinajstić information content (AvgIpc) is 3.39. The van der Waals surface area contributed by atoms with Crippen molar-refractivity contribution in [3.8, 4) is 5.75 Å². The summed E-state index contributed by atoms with van der Waals surface area (Å²) < 4.78 is 11.4. The maximum Gasteiger partial charge on any atom is 0.290 e. The summed E-state index contributed by atoms with van der Waals surface area (Å²) in [5.74, 6) is -0.861. The second kappa shape index (κ2) is 10.1. The Hall–Kier alpha value is -3.58. The highest BCUT2D eigenvalue weighted by Gasteiger charge is 2.44. The number of aliphatic hydroxyl groups excluding tert-OH is 1. The molecule has 7 heteroatoms. The number of aliphatic hydroxyl groups is 1. The van der Waals surface area contributed by atoms with Crippen molar-refractivity contribution in [2.45, 2.75) is 26.8 Å². The number of furan rings is 1. The van der Waals surface area contributed by atoms with Crippen LogP contribution in [-0.4, -0.2) is 59.4 Å². The second-order valence-corrected chi connectivity index (χ2v) is 8.17. The van der Waals surface area contributed by atoms with Gasteiger partial charge in [-0.3, -0.25) is 9.59 Å². The van der Waals surface area contributed by atoms with E-state index in [0.717, 1.165) is 18.5 Å². The predicted octanol–water partition coefficient (Wildman–Crippen LogP) is 4.75. The topological polar surface area (TPSA) is 83.2 Å². The number of Topliss-reactive ketones (excluding diaryl/α,β-unsaturated/α-hetero) is 1. The van der Waals surface area contributed by atoms with Crippen molar-refractivity contribution in [2.24, 2.45) is 0 Å². The lowest BCUT2D eigenvalue weighted by Gasteiger charge is -2.29. The van der Waals surface area contributed by atoms with E-state index in [1.807, 2.05) is 49.4 Å².